The van der Waals surface area contributed by atoms with Gasteiger partial charge in [-0.25, -0.2) is 0 Å². The van der Waals surface area contributed by atoms with E-state index in [1.54, 1.807) is 0 Å². The van der Waals surface area contributed by atoms with Crippen molar-refractivity contribution < 1.29 is 0 Å². The third-order valence-corrected chi connectivity index (χ3v) is 11.8. The molecule has 9 rings (SSSR count). The Kier molecular flexibility index (Phi) is 5.31. The van der Waals surface area contributed by atoms with Gasteiger partial charge < -0.3 is 4.57 Å². The van der Waals surface area contributed by atoms with Crippen LogP contribution in [0.4, 0.5) is 0 Å². The maximum Gasteiger partial charge on any atom is 0.0541 e. The van der Waals surface area contributed by atoms with Crippen molar-refractivity contribution in [1.82, 2.24) is 4.57 Å². The van der Waals surface area contributed by atoms with Gasteiger partial charge >= 0.3 is 0 Å². The minimum atomic E-state index is -0.0577. The summed E-state index contributed by atoms with van der Waals surface area (Å²) in [5, 5.41) is 2.62. The van der Waals surface area contributed by atoms with Crippen molar-refractivity contribution in [2.75, 3.05) is 0 Å². The average Bonchev–Trinajstić information content (AvgIpc) is 3.47. The predicted octanol–water partition coefficient (Wildman–Crippen LogP) is 11.6. The number of hydrogen-bond donors (Lipinski definition) is 0. The molecule has 0 radical (unpaired) electrons. The van der Waals surface area contributed by atoms with Gasteiger partial charge in [0.1, 0.15) is 0 Å². The summed E-state index contributed by atoms with van der Waals surface area (Å²) < 4.78 is 2.43. The first-order chi connectivity index (χ1) is 20.6. The molecule has 2 heterocycles. The summed E-state index contributed by atoms with van der Waals surface area (Å²) >= 11 is 3.82. The highest BCUT2D eigenvalue weighted by atomic mass is 32.2. The molecule has 3 heteroatoms. The summed E-state index contributed by atoms with van der Waals surface area (Å²) in [5.41, 5.74) is 11.9. The van der Waals surface area contributed by atoms with Crippen LogP contribution in [0, 0.1) is 0 Å². The van der Waals surface area contributed by atoms with Gasteiger partial charge in [-0.15, -0.1) is 0 Å². The minimum Gasteiger partial charge on any atom is -0.310 e. The lowest BCUT2D eigenvalue weighted by Crippen LogP contribution is -2.15. The fourth-order valence-electron chi connectivity index (χ4n) is 7.13. The second-order valence-corrected chi connectivity index (χ2v) is 14.2. The average molecular weight is 576 g/mol. The zero-order chi connectivity index (χ0) is 28.0. The second-order valence-electron chi connectivity index (χ2n) is 12.1. The van der Waals surface area contributed by atoms with Gasteiger partial charge in [-0.3, -0.25) is 0 Å². The molecule has 1 aliphatic heterocycles. The molecule has 5 aromatic carbocycles. The van der Waals surface area contributed by atoms with Crippen molar-refractivity contribution >= 4 is 51.0 Å². The zero-order valence-electron chi connectivity index (χ0n) is 23.6. The summed E-state index contributed by atoms with van der Waals surface area (Å²) in [4.78, 5) is 5.46. The minimum absolute atomic E-state index is 0.0577. The Balaban J connectivity index is 1.16. The van der Waals surface area contributed by atoms with E-state index >= 15 is 0 Å². The number of nitrogens with zero attached hydrogens (tertiary/aromatic N) is 1. The Hall–Kier alpha value is -3.92. The molecule has 0 bridgehead atoms. The zero-order valence-corrected chi connectivity index (χ0v) is 25.3. The third-order valence-electron chi connectivity index (χ3n) is 9.27. The van der Waals surface area contributed by atoms with Crippen LogP contribution in [0.3, 0.4) is 0 Å². The van der Waals surface area contributed by atoms with Gasteiger partial charge in [0.2, 0.25) is 0 Å². The van der Waals surface area contributed by atoms with Crippen molar-refractivity contribution in [1.29, 1.82) is 0 Å². The SMILES string of the molecule is CC1(C)c2cc(-c3ccc4c(c3)c3ccccc3n4C3=CCCC=C3)ccc2-c2cc3c(cc21)Sc1ccccc1S3. The highest BCUT2D eigenvalue weighted by molar-refractivity contribution is 8.05. The molecule has 0 N–H and O–H groups in total. The topological polar surface area (TPSA) is 4.93 Å². The first-order valence-corrected chi connectivity index (χ1v) is 16.4. The summed E-state index contributed by atoms with van der Waals surface area (Å²) in [6.07, 6.45) is 9.15. The first-order valence-electron chi connectivity index (χ1n) is 14.7. The van der Waals surface area contributed by atoms with E-state index in [1.807, 2.05) is 23.5 Å². The lowest BCUT2D eigenvalue weighted by atomic mass is 9.81. The first kappa shape index (κ1) is 24.7. The van der Waals surface area contributed by atoms with Gasteiger partial charge in [0.15, 0.2) is 0 Å². The van der Waals surface area contributed by atoms with E-state index in [0.717, 1.165) is 12.8 Å². The number of para-hydroxylation sites is 1. The fourth-order valence-corrected chi connectivity index (χ4v) is 9.41. The van der Waals surface area contributed by atoms with E-state index in [2.05, 4.69) is 134 Å². The van der Waals surface area contributed by atoms with Gasteiger partial charge in [-0.2, -0.15) is 0 Å². The standard InChI is InChI=1S/C39H29NS2/c1-39(2)31-21-25(16-18-27(31)29-22-37-38(23-32(29)39)42-36-15-9-8-14-35(36)41-37)24-17-19-34-30(20-24)28-12-6-7-13-33(28)40(34)26-10-4-3-5-11-26/h4,6-23H,3,5H2,1-2H3. The molecule has 0 saturated heterocycles. The molecule has 0 saturated carbocycles. The molecule has 3 aliphatic rings. The van der Waals surface area contributed by atoms with Gasteiger partial charge in [0.05, 0.1) is 11.0 Å². The maximum atomic E-state index is 2.47. The maximum absolute atomic E-state index is 2.47. The van der Waals surface area contributed by atoms with Gasteiger partial charge in [0, 0.05) is 41.5 Å². The molecule has 42 heavy (non-hydrogen) atoms. The van der Waals surface area contributed by atoms with Crippen LogP contribution in [0.5, 0.6) is 0 Å². The molecular weight excluding hydrogens is 547 g/mol. The van der Waals surface area contributed by atoms with Crippen LogP contribution in [0.2, 0.25) is 0 Å². The van der Waals surface area contributed by atoms with Crippen molar-refractivity contribution in [2.24, 2.45) is 0 Å². The molecule has 0 fully saturated rings. The van der Waals surface area contributed by atoms with Crippen molar-refractivity contribution in [3.63, 3.8) is 0 Å². The molecule has 0 unspecified atom stereocenters. The van der Waals surface area contributed by atoms with Crippen LogP contribution >= 0.6 is 23.5 Å². The summed E-state index contributed by atoms with van der Waals surface area (Å²) in [6, 6.07) is 36.7. The van der Waals surface area contributed by atoms with E-state index in [9.17, 15) is 0 Å². The highest BCUT2D eigenvalue weighted by Crippen LogP contribution is 2.56. The molecule has 1 nitrogen and oxygen atoms in total. The Labute approximate surface area is 255 Å². The van der Waals surface area contributed by atoms with Crippen LogP contribution in [-0.2, 0) is 5.41 Å². The van der Waals surface area contributed by atoms with E-state index in [1.165, 1.54) is 80.5 Å². The largest absolute Gasteiger partial charge is 0.310 e. The predicted molar refractivity (Wildman–Crippen MR) is 180 cm³/mol. The molecule has 202 valence electrons. The quantitative estimate of drug-likeness (QED) is 0.202. The van der Waals surface area contributed by atoms with Crippen LogP contribution in [0.15, 0.2) is 135 Å². The Morgan fingerprint density at radius 1 is 0.595 bits per heavy atom. The van der Waals surface area contributed by atoms with Crippen molar-refractivity contribution in [3.8, 4) is 22.3 Å². The van der Waals surface area contributed by atoms with Crippen LogP contribution in [0.1, 0.15) is 37.8 Å². The fraction of sp³-hybridized carbons (Fsp3) is 0.128. The second kappa shape index (κ2) is 9.04. The number of rotatable bonds is 2. The monoisotopic (exact) mass is 575 g/mol. The molecular formula is C39H29NS2. The Bertz CT molecular complexity index is 2180. The van der Waals surface area contributed by atoms with Crippen molar-refractivity contribution in [2.45, 2.75) is 51.7 Å². The molecule has 0 amide bonds. The molecule has 0 spiro atoms. The molecule has 0 atom stereocenters. The van der Waals surface area contributed by atoms with E-state index < -0.39 is 0 Å². The van der Waals surface area contributed by atoms with Crippen LogP contribution < -0.4 is 0 Å². The molecule has 2 aliphatic carbocycles. The number of allylic oxidation sites excluding steroid dienone is 4. The number of benzene rings is 5. The highest BCUT2D eigenvalue weighted by Gasteiger charge is 2.37. The lowest BCUT2D eigenvalue weighted by Gasteiger charge is -2.24. The van der Waals surface area contributed by atoms with Gasteiger partial charge in [-0.05, 0) is 101 Å². The summed E-state index contributed by atoms with van der Waals surface area (Å²) in [5.74, 6) is 0. The number of fused-ring (bicyclic) bond motifs is 8. The van der Waals surface area contributed by atoms with Crippen LogP contribution in [0.25, 0.3) is 49.8 Å². The molecule has 6 aromatic rings. The normalized spacial score (nSPS) is 16.2. The summed E-state index contributed by atoms with van der Waals surface area (Å²) in [7, 11) is 0. The van der Waals surface area contributed by atoms with Crippen molar-refractivity contribution in [3.05, 3.63) is 126 Å². The van der Waals surface area contributed by atoms with Gasteiger partial charge in [0.25, 0.3) is 0 Å². The number of hydrogen-bond acceptors (Lipinski definition) is 2. The Morgan fingerprint density at radius 3 is 2.10 bits per heavy atom. The smallest absolute Gasteiger partial charge is 0.0541 e. The summed E-state index contributed by atoms with van der Waals surface area (Å²) in [6.45, 7) is 4.79. The van der Waals surface area contributed by atoms with Gasteiger partial charge in [-0.1, -0.05) is 98.1 Å². The van der Waals surface area contributed by atoms with E-state index in [0.29, 0.717) is 0 Å². The van der Waals surface area contributed by atoms with Crippen LogP contribution in [-0.4, -0.2) is 4.57 Å². The number of aromatic nitrogens is 1. The van der Waals surface area contributed by atoms with E-state index in [4.69, 9.17) is 0 Å². The molecule has 1 aromatic heterocycles. The van der Waals surface area contributed by atoms with E-state index in [-0.39, 0.29) is 5.41 Å². The lowest BCUT2D eigenvalue weighted by molar-refractivity contribution is 0.658. The Morgan fingerprint density at radius 2 is 1.29 bits per heavy atom. The third kappa shape index (κ3) is 3.53.